The van der Waals surface area contributed by atoms with Crippen LogP contribution in [0.3, 0.4) is 0 Å². The van der Waals surface area contributed by atoms with Crippen molar-refractivity contribution in [1.82, 2.24) is 9.55 Å². The van der Waals surface area contributed by atoms with Gasteiger partial charge in [-0.3, -0.25) is 0 Å². The molecule has 1 heterocycles. The van der Waals surface area contributed by atoms with Crippen LogP contribution < -0.4 is 5.73 Å². The lowest BCUT2D eigenvalue weighted by atomic mass is 10.3. The normalized spacial score (nSPS) is 10.0. The molecule has 0 aliphatic rings. The molecule has 0 radical (unpaired) electrons. The highest BCUT2D eigenvalue weighted by atomic mass is 35.5. The Morgan fingerprint density at radius 1 is 1.58 bits per heavy atom. The van der Waals surface area contributed by atoms with Gasteiger partial charge in [0.05, 0.1) is 12.0 Å². The topological polar surface area (TPSA) is 43.8 Å². The van der Waals surface area contributed by atoms with Crippen molar-refractivity contribution in [3.8, 4) is 0 Å². The van der Waals surface area contributed by atoms with Gasteiger partial charge in [-0.1, -0.05) is 0 Å². The van der Waals surface area contributed by atoms with Crippen molar-refractivity contribution in [2.75, 3.05) is 6.54 Å². The quantitative estimate of drug-likeness (QED) is 0.781. The molecule has 4 heteroatoms. The molecule has 0 spiro atoms. The molecule has 1 rings (SSSR count). The Balaban J connectivity index is 0.00000121. The van der Waals surface area contributed by atoms with Gasteiger partial charge in [-0.25, -0.2) is 4.98 Å². The van der Waals surface area contributed by atoms with Crippen molar-refractivity contribution in [3.05, 3.63) is 18.2 Å². The molecule has 0 bridgehead atoms. The van der Waals surface area contributed by atoms with Gasteiger partial charge in [0.15, 0.2) is 0 Å². The highest BCUT2D eigenvalue weighted by molar-refractivity contribution is 5.85. The minimum Gasteiger partial charge on any atom is -0.335 e. The van der Waals surface area contributed by atoms with Crippen LogP contribution in [0.1, 0.15) is 25.6 Å². The Morgan fingerprint density at radius 2 is 2.25 bits per heavy atom. The van der Waals surface area contributed by atoms with Crippen molar-refractivity contribution >= 4 is 12.4 Å². The predicted octanol–water partition coefficient (Wildman–Crippen LogP) is 1.39. The Bertz CT molecular complexity index is 220. The van der Waals surface area contributed by atoms with Crippen LogP contribution in [0, 0.1) is 0 Å². The summed E-state index contributed by atoms with van der Waals surface area (Å²) in [4.78, 5) is 4.21. The average molecular weight is 190 g/mol. The van der Waals surface area contributed by atoms with Crippen LogP contribution in [-0.4, -0.2) is 16.1 Å². The van der Waals surface area contributed by atoms with Crippen LogP contribution in [0.25, 0.3) is 0 Å². The molecule has 2 N–H and O–H groups in total. The summed E-state index contributed by atoms with van der Waals surface area (Å²) in [5.74, 6) is 0. The third kappa shape index (κ3) is 2.83. The molecule has 0 saturated heterocycles. The summed E-state index contributed by atoms with van der Waals surface area (Å²) in [5, 5.41) is 0. The monoisotopic (exact) mass is 189 g/mol. The number of nitrogens with two attached hydrogens (primary N) is 1. The largest absolute Gasteiger partial charge is 0.335 e. The lowest BCUT2D eigenvalue weighted by molar-refractivity contribution is 0.599. The van der Waals surface area contributed by atoms with Crippen LogP contribution in [0.15, 0.2) is 12.5 Å². The van der Waals surface area contributed by atoms with Crippen molar-refractivity contribution in [3.63, 3.8) is 0 Å². The fourth-order valence-electron chi connectivity index (χ4n) is 0.939. The molecule has 0 aliphatic carbocycles. The van der Waals surface area contributed by atoms with E-state index in [1.807, 2.05) is 6.33 Å². The van der Waals surface area contributed by atoms with Crippen LogP contribution in [0.2, 0.25) is 0 Å². The lowest BCUT2D eigenvalue weighted by Gasteiger charge is -2.03. The fraction of sp³-hybridized carbons (Fsp3) is 0.625. The maximum atomic E-state index is 5.40. The van der Waals surface area contributed by atoms with Gasteiger partial charge in [-0.05, 0) is 20.4 Å². The van der Waals surface area contributed by atoms with Gasteiger partial charge in [0, 0.05) is 18.7 Å². The van der Waals surface area contributed by atoms with Gasteiger partial charge >= 0.3 is 0 Å². The second-order valence-electron chi connectivity index (χ2n) is 2.94. The van der Waals surface area contributed by atoms with E-state index in [0.29, 0.717) is 12.6 Å². The number of aromatic nitrogens is 2. The zero-order chi connectivity index (χ0) is 8.27. The summed E-state index contributed by atoms with van der Waals surface area (Å²) in [7, 11) is 0. The van der Waals surface area contributed by atoms with Gasteiger partial charge < -0.3 is 10.3 Å². The number of hydrogen-bond acceptors (Lipinski definition) is 2. The smallest absolute Gasteiger partial charge is 0.0951 e. The Labute approximate surface area is 79.4 Å². The average Bonchev–Trinajstić information content (AvgIpc) is 2.37. The molecule has 70 valence electrons. The van der Waals surface area contributed by atoms with E-state index in [-0.39, 0.29) is 12.4 Å². The van der Waals surface area contributed by atoms with Crippen molar-refractivity contribution in [2.45, 2.75) is 26.3 Å². The van der Waals surface area contributed by atoms with Crippen LogP contribution in [-0.2, 0) is 6.42 Å². The molecule has 0 saturated carbocycles. The van der Waals surface area contributed by atoms with E-state index in [1.54, 1.807) is 0 Å². The number of nitrogens with zero attached hydrogens (tertiary/aromatic N) is 2. The zero-order valence-electron chi connectivity index (χ0n) is 7.53. The van der Waals surface area contributed by atoms with E-state index in [2.05, 4.69) is 29.6 Å². The Hall–Kier alpha value is -0.540. The summed E-state index contributed by atoms with van der Waals surface area (Å²) < 4.78 is 2.09. The fourth-order valence-corrected chi connectivity index (χ4v) is 0.939. The maximum Gasteiger partial charge on any atom is 0.0951 e. The van der Waals surface area contributed by atoms with Crippen LogP contribution in [0.4, 0.5) is 0 Å². The van der Waals surface area contributed by atoms with Crippen LogP contribution >= 0.6 is 12.4 Å². The summed E-state index contributed by atoms with van der Waals surface area (Å²) >= 11 is 0. The van der Waals surface area contributed by atoms with Crippen molar-refractivity contribution in [1.29, 1.82) is 0 Å². The predicted molar refractivity (Wildman–Crippen MR) is 52.6 cm³/mol. The second-order valence-corrected chi connectivity index (χ2v) is 2.94. The second kappa shape index (κ2) is 5.17. The molecular formula is C8H16ClN3. The molecule has 1 aromatic heterocycles. The molecule has 3 nitrogen and oxygen atoms in total. The summed E-state index contributed by atoms with van der Waals surface area (Å²) in [6.07, 6.45) is 4.78. The number of hydrogen-bond donors (Lipinski definition) is 1. The molecule has 0 fully saturated rings. The third-order valence-corrected chi connectivity index (χ3v) is 1.65. The van der Waals surface area contributed by atoms with Gasteiger partial charge in [0.25, 0.3) is 0 Å². The first-order valence-corrected chi connectivity index (χ1v) is 3.96. The zero-order valence-corrected chi connectivity index (χ0v) is 8.34. The van der Waals surface area contributed by atoms with E-state index >= 15 is 0 Å². The molecule has 0 unspecified atom stereocenters. The molecule has 1 aromatic rings. The maximum absolute atomic E-state index is 5.40. The molecular weight excluding hydrogens is 174 g/mol. The molecule has 0 aromatic carbocycles. The van der Waals surface area contributed by atoms with E-state index < -0.39 is 0 Å². The first kappa shape index (κ1) is 11.5. The Morgan fingerprint density at radius 3 is 2.67 bits per heavy atom. The highest BCUT2D eigenvalue weighted by Crippen LogP contribution is 2.04. The summed E-state index contributed by atoms with van der Waals surface area (Å²) in [6.45, 7) is 4.94. The number of rotatable bonds is 3. The molecule has 0 aliphatic heterocycles. The van der Waals surface area contributed by atoms with E-state index in [1.165, 1.54) is 0 Å². The SMILES string of the molecule is CC(C)n1cnc(CCN)c1.Cl. The van der Waals surface area contributed by atoms with E-state index in [0.717, 1.165) is 12.1 Å². The summed E-state index contributed by atoms with van der Waals surface area (Å²) in [5.41, 5.74) is 6.48. The highest BCUT2D eigenvalue weighted by Gasteiger charge is 1.99. The van der Waals surface area contributed by atoms with Gasteiger partial charge in [0.1, 0.15) is 0 Å². The van der Waals surface area contributed by atoms with Gasteiger partial charge in [0.2, 0.25) is 0 Å². The minimum absolute atomic E-state index is 0. The minimum atomic E-state index is 0. The Kier molecular flexibility index (Phi) is 4.93. The van der Waals surface area contributed by atoms with Gasteiger partial charge in [-0.15, -0.1) is 12.4 Å². The summed E-state index contributed by atoms with van der Waals surface area (Å²) in [6, 6.07) is 0.494. The molecule has 0 atom stereocenters. The van der Waals surface area contributed by atoms with Crippen molar-refractivity contribution in [2.24, 2.45) is 5.73 Å². The molecule has 0 amide bonds. The first-order valence-electron chi connectivity index (χ1n) is 3.96. The first-order chi connectivity index (χ1) is 5.24. The third-order valence-electron chi connectivity index (χ3n) is 1.65. The lowest BCUT2D eigenvalue weighted by Crippen LogP contribution is -2.03. The number of imidazole rings is 1. The van der Waals surface area contributed by atoms with Crippen LogP contribution in [0.5, 0.6) is 0 Å². The van der Waals surface area contributed by atoms with Gasteiger partial charge in [-0.2, -0.15) is 0 Å². The van der Waals surface area contributed by atoms with Crippen molar-refractivity contribution < 1.29 is 0 Å². The standard InChI is InChI=1S/C8H15N3.ClH/c1-7(2)11-5-8(3-4-9)10-6-11;/h5-7H,3-4,9H2,1-2H3;1H. The number of halogens is 1. The van der Waals surface area contributed by atoms with E-state index in [4.69, 9.17) is 5.73 Å². The molecule has 12 heavy (non-hydrogen) atoms. The van der Waals surface area contributed by atoms with E-state index in [9.17, 15) is 0 Å².